The average molecular weight is 273 g/mol. The van der Waals surface area contributed by atoms with Gasteiger partial charge in [0, 0.05) is 18.0 Å². The van der Waals surface area contributed by atoms with Crippen molar-refractivity contribution in [3.05, 3.63) is 59.4 Å². The quantitative estimate of drug-likeness (QED) is 0.912. The Balaban J connectivity index is 1.93. The molecule has 1 unspecified atom stereocenters. The van der Waals surface area contributed by atoms with Crippen LogP contribution in [0.2, 0.25) is 0 Å². The smallest absolute Gasteiger partial charge is 0.126 e. The molecule has 1 aliphatic rings. The molecule has 104 valence electrons. The van der Waals surface area contributed by atoms with Crippen LogP contribution < -0.4 is 15.2 Å². The molecule has 0 radical (unpaired) electrons. The van der Waals surface area contributed by atoms with E-state index in [1.54, 1.807) is 13.2 Å². The van der Waals surface area contributed by atoms with E-state index in [-0.39, 0.29) is 18.0 Å². The van der Waals surface area contributed by atoms with Gasteiger partial charge in [0.05, 0.1) is 7.11 Å². The van der Waals surface area contributed by atoms with E-state index in [9.17, 15) is 4.39 Å². The van der Waals surface area contributed by atoms with Crippen LogP contribution in [-0.4, -0.2) is 7.11 Å². The molecule has 0 aromatic heterocycles. The molecule has 0 bridgehead atoms. The second-order valence-electron chi connectivity index (χ2n) is 4.91. The summed E-state index contributed by atoms with van der Waals surface area (Å²) in [6, 6.07) is 11.9. The fourth-order valence-electron chi connectivity index (χ4n) is 2.52. The van der Waals surface area contributed by atoms with Crippen molar-refractivity contribution in [3.8, 4) is 11.5 Å². The summed E-state index contributed by atoms with van der Waals surface area (Å²) in [5.74, 6) is 1.23. The van der Waals surface area contributed by atoms with E-state index in [0.717, 1.165) is 22.6 Å². The van der Waals surface area contributed by atoms with Gasteiger partial charge >= 0.3 is 0 Å². The predicted molar refractivity (Wildman–Crippen MR) is 74.3 cm³/mol. The Hall–Kier alpha value is -2.07. The molecule has 0 fully saturated rings. The fraction of sp³-hybridized carbons (Fsp3) is 0.250. The number of nitrogens with two attached hydrogens (primary N) is 1. The molecule has 4 heteroatoms. The standard InChI is InChI=1S/C16H16FNO2/c1-19-12-5-6-15-13(8-12)14(18)9-16(20-15)10-3-2-4-11(17)7-10/h2-8,14,16H,9,18H2,1H3/t14-,16?/m0/s1. The summed E-state index contributed by atoms with van der Waals surface area (Å²) in [4.78, 5) is 0. The van der Waals surface area contributed by atoms with Crippen LogP contribution in [0, 0.1) is 5.82 Å². The van der Waals surface area contributed by atoms with Gasteiger partial charge in [-0.15, -0.1) is 0 Å². The highest BCUT2D eigenvalue weighted by atomic mass is 19.1. The minimum absolute atomic E-state index is 0.151. The molecule has 0 saturated carbocycles. The van der Waals surface area contributed by atoms with Gasteiger partial charge in [0.1, 0.15) is 23.4 Å². The number of benzene rings is 2. The molecule has 2 aromatic rings. The van der Waals surface area contributed by atoms with Crippen molar-refractivity contribution in [2.45, 2.75) is 18.6 Å². The topological polar surface area (TPSA) is 44.5 Å². The molecule has 1 aliphatic heterocycles. The second-order valence-corrected chi connectivity index (χ2v) is 4.91. The SMILES string of the molecule is COc1ccc2c(c1)[C@@H](N)CC(c1cccc(F)c1)O2. The molecule has 2 N–H and O–H groups in total. The first-order valence-corrected chi connectivity index (χ1v) is 6.53. The summed E-state index contributed by atoms with van der Waals surface area (Å²) in [7, 11) is 1.62. The lowest BCUT2D eigenvalue weighted by molar-refractivity contribution is 0.161. The van der Waals surface area contributed by atoms with E-state index in [2.05, 4.69) is 0 Å². The third kappa shape index (κ3) is 2.34. The fourth-order valence-corrected chi connectivity index (χ4v) is 2.52. The molecule has 0 spiro atoms. The molecular weight excluding hydrogens is 257 g/mol. The minimum atomic E-state index is -0.264. The van der Waals surface area contributed by atoms with Crippen LogP contribution in [0.5, 0.6) is 11.5 Å². The van der Waals surface area contributed by atoms with Crippen LogP contribution in [0.1, 0.15) is 29.7 Å². The van der Waals surface area contributed by atoms with Gasteiger partial charge in [-0.1, -0.05) is 12.1 Å². The summed E-state index contributed by atoms with van der Waals surface area (Å²) < 4.78 is 24.4. The molecule has 0 amide bonds. The highest BCUT2D eigenvalue weighted by Gasteiger charge is 2.27. The van der Waals surface area contributed by atoms with Crippen LogP contribution in [0.3, 0.4) is 0 Å². The van der Waals surface area contributed by atoms with E-state index in [0.29, 0.717) is 6.42 Å². The Labute approximate surface area is 117 Å². The zero-order valence-corrected chi connectivity index (χ0v) is 11.2. The predicted octanol–water partition coefficient (Wildman–Crippen LogP) is 3.36. The zero-order chi connectivity index (χ0) is 14.1. The first-order valence-electron chi connectivity index (χ1n) is 6.53. The second kappa shape index (κ2) is 5.13. The third-order valence-corrected chi connectivity index (χ3v) is 3.57. The minimum Gasteiger partial charge on any atom is -0.497 e. The van der Waals surface area contributed by atoms with E-state index in [1.807, 2.05) is 24.3 Å². The van der Waals surface area contributed by atoms with Gasteiger partial charge in [0.2, 0.25) is 0 Å². The van der Waals surface area contributed by atoms with Crippen molar-refractivity contribution in [1.29, 1.82) is 0 Å². The van der Waals surface area contributed by atoms with Crippen LogP contribution >= 0.6 is 0 Å². The largest absolute Gasteiger partial charge is 0.497 e. The molecule has 1 heterocycles. The van der Waals surface area contributed by atoms with Crippen LogP contribution in [0.4, 0.5) is 4.39 Å². The van der Waals surface area contributed by atoms with Gasteiger partial charge in [0.15, 0.2) is 0 Å². The van der Waals surface area contributed by atoms with Crippen molar-refractivity contribution < 1.29 is 13.9 Å². The number of methoxy groups -OCH3 is 1. The number of ether oxygens (including phenoxy) is 2. The first-order chi connectivity index (χ1) is 9.67. The van der Waals surface area contributed by atoms with Gasteiger partial charge in [-0.25, -0.2) is 4.39 Å². The Morgan fingerprint density at radius 1 is 1.25 bits per heavy atom. The molecular formula is C16H16FNO2. The summed E-state index contributed by atoms with van der Waals surface area (Å²) in [6.45, 7) is 0. The molecule has 0 aliphatic carbocycles. The number of fused-ring (bicyclic) bond motifs is 1. The number of halogens is 1. The van der Waals surface area contributed by atoms with Crippen LogP contribution in [-0.2, 0) is 0 Å². The Morgan fingerprint density at radius 3 is 2.85 bits per heavy atom. The lowest BCUT2D eigenvalue weighted by atomic mass is 9.93. The van der Waals surface area contributed by atoms with Gasteiger partial charge in [0.25, 0.3) is 0 Å². The Morgan fingerprint density at radius 2 is 2.10 bits per heavy atom. The number of hydrogen-bond donors (Lipinski definition) is 1. The first kappa shape index (κ1) is 12.9. The van der Waals surface area contributed by atoms with Crippen LogP contribution in [0.15, 0.2) is 42.5 Å². The molecule has 3 rings (SSSR count). The third-order valence-electron chi connectivity index (χ3n) is 3.57. The molecule has 2 atom stereocenters. The number of hydrogen-bond acceptors (Lipinski definition) is 3. The van der Waals surface area contributed by atoms with Crippen molar-refractivity contribution in [1.82, 2.24) is 0 Å². The molecule has 0 saturated heterocycles. The molecule has 20 heavy (non-hydrogen) atoms. The van der Waals surface area contributed by atoms with Crippen molar-refractivity contribution >= 4 is 0 Å². The van der Waals surface area contributed by atoms with E-state index < -0.39 is 0 Å². The monoisotopic (exact) mass is 273 g/mol. The highest BCUT2D eigenvalue weighted by molar-refractivity contribution is 5.44. The van der Waals surface area contributed by atoms with Gasteiger partial charge in [-0.05, 0) is 35.9 Å². The maximum atomic E-state index is 13.3. The van der Waals surface area contributed by atoms with Gasteiger partial charge in [-0.2, -0.15) is 0 Å². The van der Waals surface area contributed by atoms with E-state index in [1.165, 1.54) is 12.1 Å². The lowest BCUT2D eigenvalue weighted by Crippen LogP contribution is -2.24. The van der Waals surface area contributed by atoms with Crippen molar-refractivity contribution in [2.24, 2.45) is 5.73 Å². The van der Waals surface area contributed by atoms with E-state index in [4.69, 9.17) is 15.2 Å². The Bertz CT molecular complexity index is 630. The van der Waals surface area contributed by atoms with E-state index >= 15 is 0 Å². The molecule has 2 aromatic carbocycles. The summed E-state index contributed by atoms with van der Waals surface area (Å²) in [6.07, 6.45) is 0.394. The molecule has 3 nitrogen and oxygen atoms in total. The Kier molecular flexibility index (Phi) is 3.32. The van der Waals surface area contributed by atoms with Crippen molar-refractivity contribution in [2.75, 3.05) is 7.11 Å². The maximum Gasteiger partial charge on any atom is 0.126 e. The average Bonchev–Trinajstić information content (AvgIpc) is 2.47. The highest BCUT2D eigenvalue weighted by Crippen LogP contribution is 2.41. The normalized spacial score (nSPS) is 20.9. The number of rotatable bonds is 2. The lowest BCUT2D eigenvalue weighted by Gasteiger charge is -2.30. The summed E-state index contributed by atoms with van der Waals surface area (Å²) >= 11 is 0. The summed E-state index contributed by atoms with van der Waals surface area (Å²) in [5.41, 5.74) is 7.94. The van der Waals surface area contributed by atoms with Gasteiger partial charge < -0.3 is 15.2 Å². The summed E-state index contributed by atoms with van der Waals surface area (Å²) in [5, 5.41) is 0. The maximum absolute atomic E-state index is 13.3. The van der Waals surface area contributed by atoms with Crippen LogP contribution in [0.25, 0.3) is 0 Å². The zero-order valence-electron chi connectivity index (χ0n) is 11.2. The van der Waals surface area contributed by atoms with Crippen molar-refractivity contribution in [3.63, 3.8) is 0 Å². The van der Waals surface area contributed by atoms with Gasteiger partial charge in [-0.3, -0.25) is 0 Å².